The van der Waals surface area contributed by atoms with Crippen LogP contribution >= 0.6 is 0 Å². The molecule has 0 radical (unpaired) electrons. The molecule has 1 saturated carbocycles. The first kappa shape index (κ1) is 14.9. The van der Waals surface area contributed by atoms with Crippen LogP contribution in [-0.4, -0.2) is 51.0 Å². The number of nitrogens with zero attached hydrogens (tertiary/aromatic N) is 1. The van der Waals surface area contributed by atoms with Gasteiger partial charge in [0.1, 0.15) is 9.84 Å². The lowest BCUT2D eigenvalue weighted by atomic mass is 9.85. The van der Waals surface area contributed by atoms with Crippen molar-refractivity contribution in [3.05, 3.63) is 0 Å². The quantitative estimate of drug-likeness (QED) is 0.526. The molecule has 17 heavy (non-hydrogen) atoms. The fraction of sp³-hybridized carbons (Fsp3) is 1.00. The molecule has 0 bridgehead atoms. The Hall–Kier alpha value is -0.170. The van der Waals surface area contributed by atoms with Gasteiger partial charge in [-0.1, -0.05) is 12.8 Å². The number of likely N-dealkylation sites (N-methyl/N-ethyl adjacent to an activating group) is 1. The zero-order valence-electron chi connectivity index (χ0n) is 11.1. The van der Waals surface area contributed by atoms with Crippen LogP contribution in [-0.2, 0) is 9.84 Å². The van der Waals surface area contributed by atoms with Crippen LogP contribution in [0.25, 0.3) is 0 Å². The van der Waals surface area contributed by atoms with Crippen molar-refractivity contribution >= 4 is 9.84 Å². The largest absolute Gasteiger partial charge is 0.302 e. The highest BCUT2D eigenvalue weighted by Crippen LogP contribution is 2.37. The molecule has 0 saturated heterocycles. The van der Waals surface area contributed by atoms with Crippen molar-refractivity contribution in [1.82, 2.24) is 10.3 Å². The highest BCUT2D eigenvalue weighted by molar-refractivity contribution is 7.90. The number of rotatable bonds is 6. The van der Waals surface area contributed by atoms with Crippen LogP contribution in [0.1, 0.15) is 32.1 Å². The third-order valence-electron chi connectivity index (χ3n) is 3.99. The molecular weight excluding hydrogens is 238 g/mol. The molecule has 0 aliphatic heterocycles. The van der Waals surface area contributed by atoms with E-state index < -0.39 is 9.84 Å². The van der Waals surface area contributed by atoms with Crippen molar-refractivity contribution in [2.45, 2.75) is 43.7 Å². The topological polar surface area (TPSA) is 75.4 Å². The Kier molecular flexibility index (Phi) is 4.95. The molecule has 3 N–H and O–H groups in total. The van der Waals surface area contributed by atoms with E-state index in [2.05, 4.69) is 24.4 Å². The van der Waals surface area contributed by atoms with Gasteiger partial charge in [0.25, 0.3) is 0 Å². The Morgan fingerprint density at radius 3 is 2.24 bits per heavy atom. The van der Waals surface area contributed by atoms with Crippen molar-refractivity contribution in [3.8, 4) is 0 Å². The summed E-state index contributed by atoms with van der Waals surface area (Å²) in [4.78, 5) is 2.20. The molecule has 0 aromatic rings. The molecule has 5 nitrogen and oxygen atoms in total. The van der Waals surface area contributed by atoms with E-state index in [0.717, 1.165) is 12.8 Å². The number of hydrazine groups is 1. The average Bonchev–Trinajstić information content (AvgIpc) is 2.67. The molecular formula is C11H25N3O2S. The summed E-state index contributed by atoms with van der Waals surface area (Å²) >= 11 is 0. The summed E-state index contributed by atoms with van der Waals surface area (Å²) in [5.41, 5.74) is 2.85. The van der Waals surface area contributed by atoms with Gasteiger partial charge in [0, 0.05) is 17.8 Å². The number of nitrogens with one attached hydrogen (secondary N) is 1. The fourth-order valence-electron chi connectivity index (χ4n) is 2.93. The Morgan fingerprint density at radius 2 is 1.88 bits per heavy atom. The van der Waals surface area contributed by atoms with Gasteiger partial charge in [-0.15, -0.1) is 0 Å². The zero-order chi connectivity index (χ0) is 13.1. The maximum atomic E-state index is 11.3. The Labute approximate surface area is 105 Å². The van der Waals surface area contributed by atoms with Crippen LogP contribution in [0.3, 0.4) is 0 Å². The summed E-state index contributed by atoms with van der Waals surface area (Å²) in [7, 11) is 1.18. The van der Waals surface area contributed by atoms with Crippen LogP contribution in [0.15, 0.2) is 0 Å². The van der Waals surface area contributed by atoms with E-state index >= 15 is 0 Å². The first-order chi connectivity index (χ1) is 7.82. The third kappa shape index (κ3) is 3.64. The van der Waals surface area contributed by atoms with E-state index in [1.54, 1.807) is 0 Å². The third-order valence-corrected chi connectivity index (χ3v) is 4.96. The van der Waals surface area contributed by atoms with E-state index in [1.165, 1.54) is 19.1 Å². The minimum atomic E-state index is -2.93. The Balaban J connectivity index is 2.76. The highest BCUT2D eigenvalue weighted by Gasteiger charge is 2.42. The van der Waals surface area contributed by atoms with Crippen LogP contribution in [0.5, 0.6) is 0 Å². The molecule has 0 amide bonds. The first-order valence-corrected chi connectivity index (χ1v) is 8.19. The molecule has 6 heteroatoms. The number of hydrogen-bond acceptors (Lipinski definition) is 5. The van der Waals surface area contributed by atoms with Gasteiger partial charge in [0.05, 0.1) is 5.75 Å². The van der Waals surface area contributed by atoms with Gasteiger partial charge in [-0.25, -0.2) is 8.42 Å². The standard InChI is InChI=1S/C11H25N3O2S/c1-14(2)11(7-4-5-8-11)10(13-12)6-9-17(3,15)16/h10,13H,4-9,12H2,1-3H3. The van der Waals surface area contributed by atoms with Crippen LogP contribution in [0, 0.1) is 0 Å². The predicted molar refractivity (Wildman–Crippen MR) is 70.3 cm³/mol. The highest BCUT2D eigenvalue weighted by atomic mass is 32.2. The molecule has 1 unspecified atom stereocenters. The Bertz CT molecular complexity index is 335. The number of hydrogen-bond donors (Lipinski definition) is 2. The summed E-state index contributed by atoms with van der Waals surface area (Å²) in [6.45, 7) is 0. The van der Waals surface area contributed by atoms with Crippen molar-refractivity contribution in [1.29, 1.82) is 0 Å². The van der Waals surface area contributed by atoms with Crippen LogP contribution in [0.4, 0.5) is 0 Å². The van der Waals surface area contributed by atoms with Gasteiger partial charge >= 0.3 is 0 Å². The second kappa shape index (κ2) is 5.65. The van der Waals surface area contributed by atoms with Crippen LogP contribution in [0.2, 0.25) is 0 Å². The monoisotopic (exact) mass is 263 g/mol. The molecule has 1 fully saturated rings. The molecule has 1 atom stereocenters. The molecule has 0 heterocycles. The van der Waals surface area contributed by atoms with E-state index in [1.807, 2.05) is 0 Å². The van der Waals surface area contributed by atoms with E-state index in [0.29, 0.717) is 6.42 Å². The molecule has 0 aromatic carbocycles. The van der Waals surface area contributed by atoms with Gasteiger partial charge < -0.3 is 4.90 Å². The van der Waals surface area contributed by atoms with Crippen molar-refractivity contribution in [2.75, 3.05) is 26.1 Å². The van der Waals surface area contributed by atoms with Gasteiger partial charge in [0.15, 0.2) is 0 Å². The number of nitrogens with two attached hydrogens (primary N) is 1. The second-order valence-electron chi connectivity index (χ2n) is 5.34. The predicted octanol–water partition coefficient (Wildman–Crippen LogP) is 0.127. The maximum Gasteiger partial charge on any atom is 0.147 e. The van der Waals surface area contributed by atoms with E-state index in [4.69, 9.17) is 5.84 Å². The Morgan fingerprint density at radius 1 is 1.35 bits per heavy atom. The van der Waals surface area contributed by atoms with Crippen molar-refractivity contribution in [3.63, 3.8) is 0 Å². The molecule has 0 aromatic heterocycles. The van der Waals surface area contributed by atoms with Gasteiger partial charge in [-0.3, -0.25) is 11.3 Å². The van der Waals surface area contributed by atoms with E-state index in [-0.39, 0.29) is 17.3 Å². The van der Waals surface area contributed by atoms with E-state index in [9.17, 15) is 8.42 Å². The SMILES string of the molecule is CN(C)C1(C(CCS(C)(=O)=O)NN)CCCC1. The molecule has 102 valence electrons. The lowest BCUT2D eigenvalue weighted by Gasteiger charge is -2.43. The maximum absolute atomic E-state index is 11.3. The second-order valence-corrected chi connectivity index (χ2v) is 7.60. The van der Waals surface area contributed by atoms with Crippen molar-refractivity contribution in [2.24, 2.45) is 5.84 Å². The lowest BCUT2D eigenvalue weighted by molar-refractivity contribution is 0.103. The minimum absolute atomic E-state index is 0.0133. The van der Waals surface area contributed by atoms with Gasteiger partial charge in [0.2, 0.25) is 0 Å². The van der Waals surface area contributed by atoms with Gasteiger partial charge in [-0.05, 0) is 33.4 Å². The zero-order valence-corrected chi connectivity index (χ0v) is 11.9. The molecule has 1 rings (SSSR count). The average molecular weight is 263 g/mol. The van der Waals surface area contributed by atoms with Crippen LogP contribution < -0.4 is 11.3 Å². The summed E-state index contributed by atoms with van der Waals surface area (Å²) in [6.07, 6.45) is 6.40. The minimum Gasteiger partial charge on any atom is -0.302 e. The number of sulfone groups is 1. The molecule has 1 aliphatic carbocycles. The molecule has 1 aliphatic rings. The summed E-state index contributed by atoms with van der Waals surface area (Å²) in [5, 5.41) is 0. The summed E-state index contributed by atoms with van der Waals surface area (Å²) in [6, 6.07) is 0.0368. The fourth-order valence-corrected chi connectivity index (χ4v) is 3.60. The molecule has 0 spiro atoms. The summed E-state index contributed by atoms with van der Waals surface area (Å²) < 4.78 is 22.5. The normalized spacial score (nSPS) is 21.9. The van der Waals surface area contributed by atoms with Gasteiger partial charge in [-0.2, -0.15) is 0 Å². The summed E-state index contributed by atoms with van der Waals surface area (Å²) in [5.74, 6) is 5.83. The lowest BCUT2D eigenvalue weighted by Crippen LogP contribution is -2.59. The first-order valence-electron chi connectivity index (χ1n) is 6.13. The van der Waals surface area contributed by atoms with Crippen molar-refractivity contribution < 1.29 is 8.42 Å². The smallest absolute Gasteiger partial charge is 0.147 e.